The number of rotatable bonds is 4. The summed E-state index contributed by atoms with van der Waals surface area (Å²) in [6, 6.07) is 6.30. The molecule has 1 nitrogen and oxygen atoms in total. The van der Waals surface area contributed by atoms with Crippen LogP contribution in [0.2, 0.25) is 0 Å². The van der Waals surface area contributed by atoms with Gasteiger partial charge in [0, 0.05) is 10.9 Å². The monoisotopic (exact) mass is 240 g/mol. The van der Waals surface area contributed by atoms with Crippen molar-refractivity contribution in [2.75, 3.05) is 7.11 Å². The Balaban J connectivity index is 3.14. The quantitative estimate of drug-likeness (QED) is 0.713. The number of hydrogen-bond donors (Lipinski definition) is 0. The summed E-state index contributed by atoms with van der Waals surface area (Å²) in [7, 11) is 1.72. The van der Waals surface area contributed by atoms with Gasteiger partial charge in [0.05, 0.1) is 7.11 Å². The minimum absolute atomic E-state index is 0.0402. The highest BCUT2D eigenvalue weighted by molar-refractivity contribution is 6.20. The third-order valence-electron chi connectivity index (χ3n) is 2.88. The highest BCUT2D eigenvalue weighted by atomic mass is 35.5. The lowest BCUT2D eigenvalue weighted by Gasteiger charge is -2.28. The fourth-order valence-electron chi connectivity index (χ4n) is 2.16. The van der Waals surface area contributed by atoms with Crippen molar-refractivity contribution in [2.24, 2.45) is 0 Å². The van der Waals surface area contributed by atoms with Gasteiger partial charge in [-0.15, -0.1) is 11.6 Å². The SMILES string of the molecule is COc1ccc(C)cc1C(C)(C)CC(C)Cl. The first-order chi connectivity index (χ1) is 7.36. The van der Waals surface area contributed by atoms with Crippen molar-refractivity contribution >= 4 is 11.6 Å². The van der Waals surface area contributed by atoms with Gasteiger partial charge in [-0.25, -0.2) is 0 Å². The van der Waals surface area contributed by atoms with E-state index in [1.807, 2.05) is 13.0 Å². The second-order valence-corrected chi connectivity index (χ2v) is 5.82. The average Bonchev–Trinajstić information content (AvgIpc) is 2.15. The molecule has 0 N–H and O–H groups in total. The summed E-state index contributed by atoms with van der Waals surface area (Å²) >= 11 is 6.11. The van der Waals surface area contributed by atoms with Gasteiger partial charge >= 0.3 is 0 Å². The number of alkyl halides is 1. The standard InChI is InChI=1S/C14H21ClO/c1-10-6-7-13(16-5)12(8-10)14(3,4)9-11(2)15/h6-8,11H,9H2,1-5H3. The molecular weight excluding hydrogens is 220 g/mol. The zero-order valence-corrected chi connectivity index (χ0v) is 11.6. The lowest BCUT2D eigenvalue weighted by molar-refractivity contribution is 0.384. The Labute approximate surface area is 104 Å². The minimum Gasteiger partial charge on any atom is -0.496 e. The predicted molar refractivity (Wildman–Crippen MR) is 70.7 cm³/mol. The average molecular weight is 241 g/mol. The van der Waals surface area contributed by atoms with Crippen LogP contribution in [0.5, 0.6) is 5.75 Å². The Kier molecular flexibility index (Phi) is 4.26. The van der Waals surface area contributed by atoms with Crippen LogP contribution in [0.4, 0.5) is 0 Å². The predicted octanol–water partition coefficient (Wildman–Crippen LogP) is 4.30. The summed E-state index contributed by atoms with van der Waals surface area (Å²) < 4.78 is 5.43. The van der Waals surface area contributed by atoms with Crippen molar-refractivity contribution in [2.45, 2.75) is 44.9 Å². The van der Waals surface area contributed by atoms with Crippen LogP contribution in [-0.2, 0) is 5.41 Å². The molecule has 0 fully saturated rings. The first-order valence-electron chi connectivity index (χ1n) is 5.66. The lowest BCUT2D eigenvalue weighted by atomic mass is 9.79. The van der Waals surface area contributed by atoms with E-state index in [1.165, 1.54) is 11.1 Å². The Hall–Kier alpha value is -0.690. The molecule has 2 heteroatoms. The molecule has 1 unspecified atom stereocenters. The summed E-state index contributed by atoms with van der Waals surface area (Å²) in [6.07, 6.45) is 0.939. The fraction of sp³-hybridized carbons (Fsp3) is 0.571. The van der Waals surface area contributed by atoms with Crippen molar-refractivity contribution < 1.29 is 4.74 Å². The minimum atomic E-state index is 0.0402. The van der Waals surface area contributed by atoms with Gasteiger partial charge in [0.15, 0.2) is 0 Å². The summed E-state index contributed by atoms with van der Waals surface area (Å²) in [4.78, 5) is 0. The maximum absolute atomic E-state index is 6.11. The van der Waals surface area contributed by atoms with Gasteiger partial charge < -0.3 is 4.74 Å². The zero-order chi connectivity index (χ0) is 12.3. The van der Waals surface area contributed by atoms with Crippen molar-refractivity contribution in [1.82, 2.24) is 0 Å². The van der Waals surface area contributed by atoms with E-state index in [9.17, 15) is 0 Å². The molecule has 0 aliphatic rings. The van der Waals surface area contributed by atoms with Crippen LogP contribution < -0.4 is 4.74 Å². The van der Waals surface area contributed by atoms with E-state index < -0.39 is 0 Å². The van der Waals surface area contributed by atoms with E-state index in [0.717, 1.165) is 12.2 Å². The molecular formula is C14H21ClO. The summed E-state index contributed by atoms with van der Waals surface area (Å²) in [5.74, 6) is 0.952. The molecule has 1 atom stereocenters. The topological polar surface area (TPSA) is 9.23 Å². The van der Waals surface area contributed by atoms with Crippen molar-refractivity contribution in [1.29, 1.82) is 0 Å². The van der Waals surface area contributed by atoms with Crippen LogP contribution in [0, 0.1) is 6.92 Å². The van der Waals surface area contributed by atoms with E-state index in [1.54, 1.807) is 7.11 Å². The van der Waals surface area contributed by atoms with E-state index in [4.69, 9.17) is 16.3 Å². The van der Waals surface area contributed by atoms with Gasteiger partial charge in [-0.3, -0.25) is 0 Å². The van der Waals surface area contributed by atoms with E-state index >= 15 is 0 Å². The smallest absolute Gasteiger partial charge is 0.122 e. The molecule has 0 heterocycles. The highest BCUT2D eigenvalue weighted by Gasteiger charge is 2.26. The third-order valence-corrected chi connectivity index (χ3v) is 3.03. The van der Waals surface area contributed by atoms with E-state index in [-0.39, 0.29) is 10.8 Å². The molecule has 1 rings (SSSR count). The Morgan fingerprint density at radius 2 is 2.00 bits per heavy atom. The molecule has 0 spiro atoms. The molecule has 0 aliphatic carbocycles. The van der Waals surface area contributed by atoms with Crippen LogP contribution in [0.25, 0.3) is 0 Å². The van der Waals surface area contributed by atoms with Gasteiger partial charge in [-0.1, -0.05) is 31.5 Å². The summed E-state index contributed by atoms with van der Waals surface area (Å²) in [5.41, 5.74) is 2.53. The number of benzene rings is 1. The zero-order valence-electron chi connectivity index (χ0n) is 10.8. The number of methoxy groups -OCH3 is 1. The van der Waals surface area contributed by atoms with E-state index in [0.29, 0.717) is 0 Å². The molecule has 0 saturated carbocycles. The maximum Gasteiger partial charge on any atom is 0.122 e. The van der Waals surface area contributed by atoms with Gasteiger partial charge in [0.1, 0.15) is 5.75 Å². The van der Waals surface area contributed by atoms with Crippen molar-refractivity contribution in [3.05, 3.63) is 29.3 Å². The Morgan fingerprint density at radius 3 is 2.50 bits per heavy atom. The van der Waals surface area contributed by atoms with Crippen LogP contribution in [-0.4, -0.2) is 12.5 Å². The number of aryl methyl sites for hydroxylation is 1. The maximum atomic E-state index is 6.11. The van der Waals surface area contributed by atoms with Crippen LogP contribution >= 0.6 is 11.6 Å². The molecule has 90 valence electrons. The van der Waals surface area contributed by atoms with Gasteiger partial charge in [-0.2, -0.15) is 0 Å². The number of ether oxygens (including phenoxy) is 1. The molecule has 0 aromatic heterocycles. The molecule has 1 aromatic rings. The molecule has 16 heavy (non-hydrogen) atoms. The molecule has 0 amide bonds. The molecule has 0 saturated heterocycles. The first kappa shape index (κ1) is 13.4. The van der Waals surface area contributed by atoms with Gasteiger partial charge in [-0.05, 0) is 31.7 Å². The number of hydrogen-bond acceptors (Lipinski definition) is 1. The largest absolute Gasteiger partial charge is 0.496 e. The van der Waals surface area contributed by atoms with Crippen LogP contribution in [0.15, 0.2) is 18.2 Å². The second kappa shape index (κ2) is 5.09. The van der Waals surface area contributed by atoms with Crippen molar-refractivity contribution in [3.8, 4) is 5.75 Å². The van der Waals surface area contributed by atoms with Crippen LogP contribution in [0.3, 0.4) is 0 Å². The third kappa shape index (κ3) is 3.15. The van der Waals surface area contributed by atoms with Gasteiger partial charge in [0.2, 0.25) is 0 Å². The Bertz CT molecular complexity index is 356. The molecule has 0 aliphatic heterocycles. The second-order valence-electron chi connectivity index (χ2n) is 5.07. The summed E-state index contributed by atoms with van der Waals surface area (Å²) in [6.45, 7) is 8.56. The molecule has 1 aromatic carbocycles. The molecule has 0 bridgehead atoms. The number of halogens is 1. The van der Waals surface area contributed by atoms with Crippen molar-refractivity contribution in [3.63, 3.8) is 0 Å². The normalized spacial score (nSPS) is 13.6. The Morgan fingerprint density at radius 1 is 1.38 bits per heavy atom. The molecule has 0 radical (unpaired) electrons. The summed E-state index contributed by atoms with van der Waals surface area (Å²) in [5, 5.41) is 0.167. The van der Waals surface area contributed by atoms with Gasteiger partial charge in [0.25, 0.3) is 0 Å². The van der Waals surface area contributed by atoms with E-state index in [2.05, 4.69) is 32.9 Å². The fourth-order valence-corrected chi connectivity index (χ4v) is 2.55. The first-order valence-corrected chi connectivity index (χ1v) is 6.09. The lowest BCUT2D eigenvalue weighted by Crippen LogP contribution is -2.21. The highest BCUT2D eigenvalue weighted by Crippen LogP contribution is 2.36. The van der Waals surface area contributed by atoms with Crippen LogP contribution in [0.1, 0.15) is 38.3 Å².